The number of anilines is 1. The highest BCUT2D eigenvalue weighted by Gasteiger charge is 2.53. The molecule has 4 rings (SSSR count). The Morgan fingerprint density at radius 2 is 1.51 bits per heavy atom. The van der Waals surface area contributed by atoms with E-state index in [-0.39, 0.29) is 5.82 Å². The van der Waals surface area contributed by atoms with Crippen LogP contribution in [0.5, 0.6) is 0 Å². The molecule has 1 fully saturated rings. The molecule has 0 atom stereocenters. The summed E-state index contributed by atoms with van der Waals surface area (Å²) in [7, 11) is -0.848. The van der Waals surface area contributed by atoms with Crippen molar-refractivity contribution in [2.45, 2.75) is 91.6 Å². The van der Waals surface area contributed by atoms with Gasteiger partial charge in [-0.15, -0.1) is 0 Å². The lowest BCUT2D eigenvalue weighted by Crippen LogP contribution is -2.45. The van der Waals surface area contributed by atoms with Crippen LogP contribution in [-0.4, -0.2) is 61.2 Å². The Balaban J connectivity index is 1.99. The second-order valence-corrected chi connectivity index (χ2v) is 12.4. The molecule has 0 aromatic carbocycles. The first-order chi connectivity index (χ1) is 17.9. The van der Waals surface area contributed by atoms with Gasteiger partial charge in [0.05, 0.1) is 28.5 Å². The molecule has 1 saturated heterocycles. The Hall–Kier alpha value is -3.51. The monoisotopic (exact) mass is 537 g/mol. The summed E-state index contributed by atoms with van der Waals surface area (Å²) < 4.78 is 25.7. The number of carbonyl (C=O) groups is 2. The molecule has 3 aromatic heterocycles. The van der Waals surface area contributed by atoms with Crippen molar-refractivity contribution in [3.63, 3.8) is 0 Å². The lowest BCUT2D eigenvalue weighted by Gasteiger charge is -2.32. The molecule has 2 amide bonds. The average Bonchev–Trinajstić information content (AvgIpc) is 3.26. The second-order valence-electron chi connectivity index (χ2n) is 12.4. The molecule has 0 aliphatic carbocycles. The fourth-order valence-corrected chi connectivity index (χ4v) is 3.95. The van der Waals surface area contributed by atoms with E-state index < -0.39 is 41.7 Å². The van der Waals surface area contributed by atoms with Crippen molar-refractivity contribution in [1.29, 1.82) is 0 Å². The number of nitrogens with zero attached hydrogens (tertiary/aromatic N) is 5. The number of amides is 2. The van der Waals surface area contributed by atoms with E-state index in [1.54, 1.807) is 70.8 Å². The minimum Gasteiger partial charge on any atom is -0.443 e. The smallest absolute Gasteiger partial charge is 0.443 e. The van der Waals surface area contributed by atoms with Crippen molar-refractivity contribution in [3.05, 3.63) is 37.1 Å². The van der Waals surface area contributed by atoms with Gasteiger partial charge >= 0.3 is 19.3 Å². The normalized spacial score (nSPS) is 16.8. The number of ether oxygens (including phenoxy) is 2. The van der Waals surface area contributed by atoms with E-state index in [4.69, 9.17) is 18.8 Å². The van der Waals surface area contributed by atoms with Gasteiger partial charge in [-0.05, 0) is 81.4 Å². The Bertz CT molecular complexity index is 1350. The zero-order chi connectivity index (χ0) is 29.0. The first kappa shape index (κ1) is 28.5. The predicted octanol–water partition coefficient (Wildman–Crippen LogP) is 4.79. The maximum absolute atomic E-state index is 13.5. The third-order valence-corrected chi connectivity index (χ3v) is 6.39. The molecule has 1 aliphatic heterocycles. The van der Waals surface area contributed by atoms with Crippen LogP contribution < -0.4 is 10.4 Å². The minimum atomic E-state index is -0.939. The van der Waals surface area contributed by atoms with Crippen LogP contribution in [0.4, 0.5) is 15.4 Å². The van der Waals surface area contributed by atoms with Crippen molar-refractivity contribution < 1.29 is 28.4 Å². The minimum absolute atomic E-state index is 0.0177. The highest BCUT2D eigenvalue weighted by atomic mass is 16.7. The van der Waals surface area contributed by atoms with Crippen molar-refractivity contribution in [2.75, 3.05) is 4.90 Å². The van der Waals surface area contributed by atoms with Crippen molar-refractivity contribution in [2.24, 2.45) is 0 Å². The van der Waals surface area contributed by atoms with Crippen molar-refractivity contribution in [1.82, 2.24) is 19.5 Å². The molecule has 0 N–H and O–H groups in total. The molecular formula is C27H36BN5O6. The van der Waals surface area contributed by atoms with Gasteiger partial charge in [0.2, 0.25) is 0 Å². The van der Waals surface area contributed by atoms with Gasteiger partial charge in [-0.2, -0.15) is 4.90 Å². The summed E-state index contributed by atoms with van der Waals surface area (Å²) in [6.45, 7) is 18.0. The molecule has 0 bridgehead atoms. The molecule has 3 aromatic rings. The third-order valence-electron chi connectivity index (χ3n) is 6.39. The first-order valence-corrected chi connectivity index (χ1v) is 12.8. The van der Waals surface area contributed by atoms with Crippen LogP contribution in [0, 0.1) is 0 Å². The first-order valence-electron chi connectivity index (χ1n) is 12.8. The van der Waals surface area contributed by atoms with E-state index in [1.807, 2.05) is 33.8 Å². The number of fused-ring (bicyclic) bond motifs is 1. The van der Waals surface area contributed by atoms with Gasteiger partial charge in [0.15, 0.2) is 5.82 Å². The SMILES string of the molecule is CC(C)(C)OC(=O)N(C(=O)OC(C)(C)C)c1ncnc2c1c(B1OC(C)(C)C(C)(C)O1)cn2-c1cccnc1. The van der Waals surface area contributed by atoms with Crippen molar-refractivity contribution >= 4 is 41.6 Å². The van der Waals surface area contributed by atoms with Crippen LogP contribution in [0.3, 0.4) is 0 Å². The van der Waals surface area contributed by atoms with Gasteiger partial charge in [-0.25, -0.2) is 19.6 Å². The summed E-state index contributed by atoms with van der Waals surface area (Å²) in [6.07, 6.45) is 4.54. The molecule has 39 heavy (non-hydrogen) atoms. The maximum Gasteiger partial charge on any atom is 0.497 e. The highest BCUT2D eigenvalue weighted by Crippen LogP contribution is 2.38. The summed E-state index contributed by atoms with van der Waals surface area (Å²) >= 11 is 0. The number of hydrogen-bond acceptors (Lipinski definition) is 9. The van der Waals surface area contributed by atoms with Gasteiger partial charge in [0.25, 0.3) is 0 Å². The van der Waals surface area contributed by atoms with Crippen LogP contribution in [0.1, 0.15) is 69.2 Å². The molecule has 0 radical (unpaired) electrons. The highest BCUT2D eigenvalue weighted by molar-refractivity contribution is 6.65. The number of imide groups is 1. The number of hydrogen-bond donors (Lipinski definition) is 0. The molecule has 4 heterocycles. The largest absolute Gasteiger partial charge is 0.497 e. The molecular weight excluding hydrogens is 501 g/mol. The van der Waals surface area contributed by atoms with E-state index in [9.17, 15) is 9.59 Å². The molecule has 12 heteroatoms. The van der Waals surface area contributed by atoms with Gasteiger partial charge in [-0.1, -0.05) is 0 Å². The summed E-state index contributed by atoms with van der Waals surface area (Å²) in [4.78, 5) is 41.0. The quantitative estimate of drug-likeness (QED) is 0.435. The van der Waals surface area contributed by atoms with E-state index in [2.05, 4.69) is 15.0 Å². The lowest BCUT2D eigenvalue weighted by atomic mass is 9.79. The molecule has 11 nitrogen and oxygen atoms in total. The number of pyridine rings is 1. The Morgan fingerprint density at radius 3 is 2.00 bits per heavy atom. The standard InChI is InChI=1S/C27H36BN5O6/c1-24(2,3)36-22(34)33(23(35)37-25(4,5)6)21-19-18(28-38-26(7,8)27(9,10)39-28)15-32(20(19)30-16-31-21)17-12-11-13-29-14-17/h11-16H,1-10H3. The maximum atomic E-state index is 13.5. The van der Waals surface area contributed by atoms with Crippen LogP contribution in [-0.2, 0) is 18.8 Å². The molecule has 0 unspecified atom stereocenters. The summed E-state index contributed by atoms with van der Waals surface area (Å²) in [5.41, 5.74) is -1.43. The predicted molar refractivity (Wildman–Crippen MR) is 147 cm³/mol. The van der Waals surface area contributed by atoms with E-state index >= 15 is 0 Å². The Kier molecular flexibility index (Phi) is 7.02. The molecule has 0 saturated carbocycles. The zero-order valence-corrected chi connectivity index (χ0v) is 24.2. The Labute approximate surface area is 229 Å². The molecule has 208 valence electrons. The third kappa shape index (κ3) is 5.76. The van der Waals surface area contributed by atoms with Gasteiger partial charge in [0, 0.05) is 17.9 Å². The van der Waals surface area contributed by atoms with Gasteiger partial charge < -0.3 is 18.8 Å². The van der Waals surface area contributed by atoms with Gasteiger partial charge in [0.1, 0.15) is 23.2 Å². The summed E-state index contributed by atoms with van der Waals surface area (Å²) in [6, 6.07) is 3.66. The number of rotatable bonds is 3. The second kappa shape index (κ2) is 9.60. The van der Waals surface area contributed by atoms with Crippen LogP contribution >= 0.6 is 0 Å². The number of aromatic nitrogens is 4. The zero-order valence-electron chi connectivity index (χ0n) is 24.2. The van der Waals surface area contributed by atoms with Gasteiger partial charge in [-0.3, -0.25) is 9.55 Å². The molecule has 1 aliphatic rings. The summed E-state index contributed by atoms with van der Waals surface area (Å²) in [5, 5.41) is 0.372. The Morgan fingerprint density at radius 1 is 0.949 bits per heavy atom. The fourth-order valence-electron chi connectivity index (χ4n) is 3.95. The van der Waals surface area contributed by atoms with Crippen LogP contribution in [0.2, 0.25) is 0 Å². The lowest BCUT2D eigenvalue weighted by molar-refractivity contribution is 0.00578. The fraction of sp³-hybridized carbons (Fsp3) is 0.519. The van der Waals surface area contributed by atoms with E-state index in [0.717, 1.165) is 4.90 Å². The topological polar surface area (TPSA) is 118 Å². The number of carbonyl (C=O) groups excluding carboxylic acids is 2. The van der Waals surface area contributed by atoms with E-state index in [1.165, 1.54) is 6.33 Å². The molecule has 0 spiro atoms. The average molecular weight is 537 g/mol. The summed E-state index contributed by atoms with van der Waals surface area (Å²) in [5.74, 6) is -0.0177. The van der Waals surface area contributed by atoms with E-state index in [0.29, 0.717) is 22.2 Å². The van der Waals surface area contributed by atoms with Crippen LogP contribution in [0.15, 0.2) is 37.1 Å². The van der Waals surface area contributed by atoms with Crippen LogP contribution in [0.25, 0.3) is 16.7 Å². The van der Waals surface area contributed by atoms with Crippen molar-refractivity contribution in [3.8, 4) is 5.69 Å².